The summed E-state index contributed by atoms with van der Waals surface area (Å²) in [5.74, 6) is -0.735. The van der Waals surface area contributed by atoms with Crippen LogP contribution in [0.5, 0.6) is 0 Å². The van der Waals surface area contributed by atoms with Crippen LogP contribution in [0.1, 0.15) is 37.6 Å². The van der Waals surface area contributed by atoms with Crippen molar-refractivity contribution in [1.82, 2.24) is 0 Å². The molecule has 0 radical (unpaired) electrons. The summed E-state index contributed by atoms with van der Waals surface area (Å²) in [6, 6.07) is 8.59. The quantitative estimate of drug-likeness (QED) is 0.741. The maximum atomic E-state index is 11.8. The second-order valence-corrected chi connectivity index (χ2v) is 4.69. The molecule has 0 fully saturated rings. The highest BCUT2D eigenvalue weighted by Crippen LogP contribution is 2.08. The Kier molecular flexibility index (Phi) is 6.06. The van der Waals surface area contributed by atoms with E-state index in [2.05, 4.69) is 0 Å². The maximum absolute atomic E-state index is 11.8. The van der Waals surface area contributed by atoms with Crippen LogP contribution in [0.3, 0.4) is 0 Å². The topological polar surface area (TPSA) is 52.6 Å². The minimum atomic E-state index is -0.841. The van der Waals surface area contributed by atoms with Crippen molar-refractivity contribution in [3.63, 3.8) is 0 Å². The van der Waals surface area contributed by atoms with Crippen LogP contribution in [0.15, 0.2) is 30.3 Å². The van der Waals surface area contributed by atoms with Crippen LogP contribution in [0, 0.1) is 5.92 Å². The Morgan fingerprint density at radius 1 is 1.16 bits per heavy atom. The molecule has 0 amide bonds. The number of rotatable bonds is 6. The van der Waals surface area contributed by atoms with Crippen molar-refractivity contribution in [2.45, 2.75) is 33.3 Å². The SMILES string of the molecule is CC[C@@H](OC(=O)c1ccccc1)C(=O)OCC(C)C. The molecule has 0 saturated heterocycles. The number of carbonyl (C=O) groups excluding carboxylic acids is 2. The average molecular weight is 264 g/mol. The Morgan fingerprint density at radius 2 is 1.79 bits per heavy atom. The first-order valence-electron chi connectivity index (χ1n) is 6.47. The molecule has 0 spiro atoms. The van der Waals surface area contributed by atoms with Gasteiger partial charge in [0.2, 0.25) is 0 Å². The highest BCUT2D eigenvalue weighted by Gasteiger charge is 2.23. The molecule has 0 heterocycles. The molecule has 0 saturated carbocycles. The van der Waals surface area contributed by atoms with Gasteiger partial charge in [-0.25, -0.2) is 9.59 Å². The molecule has 4 heteroatoms. The zero-order chi connectivity index (χ0) is 14.3. The normalized spacial score (nSPS) is 12.0. The lowest BCUT2D eigenvalue weighted by molar-refractivity contribution is -0.155. The van der Waals surface area contributed by atoms with Crippen LogP contribution in [0.2, 0.25) is 0 Å². The summed E-state index contributed by atoms with van der Waals surface area (Å²) in [7, 11) is 0. The van der Waals surface area contributed by atoms with Crippen LogP contribution in [-0.2, 0) is 14.3 Å². The molecule has 0 aromatic heterocycles. The number of hydrogen-bond donors (Lipinski definition) is 0. The highest BCUT2D eigenvalue weighted by atomic mass is 16.6. The van der Waals surface area contributed by atoms with Crippen molar-refractivity contribution < 1.29 is 19.1 Å². The van der Waals surface area contributed by atoms with Crippen molar-refractivity contribution in [3.8, 4) is 0 Å². The number of esters is 2. The van der Waals surface area contributed by atoms with Gasteiger partial charge in [-0.2, -0.15) is 0 Å². The molecule has 0 N–H and O–H groups in total. The molecule has 1 aromatic rings. The fourth-order valence-electron chi connectivity index (χ4n) is 1.41. The molecule has 1 rings (SSSR count). The van der Waals surface area contributed by atoms with Gasteiger partial charge < -0.3 is 9.47 Å². The lowest BCUT2D eigenvalue weighted by Gasteiger charge is -2.16. The van der Waals surface area contributed by atoms with Gasteiger partial charge in [0.05, 0.1) is 12.2 Å². The van der Waals surface area contributed by atoms with Crippen LogP contribution in [0.25, 0.3) is 0 Å². The van der Waals surface area contributed by atoms with Crippen LogP contribution >= 0.6 is 0 Å². The third-order valence-electron chi connectivity index (χ3n) is 2.45. The Hall–Kier alpha value is -1.84. The fraction of sp³-hybridized carbons (Fsp3) is 0.467. The molecule has 0 aliphatic carbocycles. The summed E-state index contributed by atoms with van der Waals surface area (Å²) in [5.41, 5.74) is 0.428. The fourth-order valence-corrected chi connectivity index (χ4v) is 1.41. The highest BCUT2D eigenvalue weighted by molar-refractivity contribution is 5.91. The van der Waals surface area contributed by atoms with E-state index in [4.69, 9.17) is 9.47 Å². The van der Waals surface area contributed by atoms with E-state index in [1.54, 1.807) is 31.2 Å². The molecule has 1 aromatic carbocycles. The largest absolute Gasteiger partial charge is 0.463 e. The van der Waals surface area contributed by atoms with Crippen LogP contribution < -0.4 is 0 Å². The van der Waals surface area contributed by atoms with Gasteiger partial charge in [0.1, 0.15) is 0 Å². The van der Waals surface area contributed by atoms with E-state index in [1.165, 1.54) is 0 Å². The van der Waals surface area contributed by atoms with E-state index in [0.717, 1.165) is 0 Å². The zero-order valence-corrected chi connectivity index (χ0v) is 11.6. The van der Waals surface area contributed by atoms with Gasteiger partial charge in [-0.1, -0.05) is 39.0 Å². The Balaban J connectivity index is 2.57. The molecule has 104 valence electrons. The van der Waals surface area contributed by atoms with Gasteiger partial charge >= 0.3 is 11.9 Å². The first-order valence-corrected chi connectivity index (χ1v) is 6.47. The summed E-state index contributed by atoms with van der Waals surface area (Å²) in [5, 5.41) is 0. The minimum absolute atomic E-state index is 0.256. The molecule has 1 atom stereocenters. The number of ether oxygens (including phenoxy) is 2. The summed E-state index contributed by atoms with van der Waals surface area (Å²) in [4.78, 5) is 23.6. The van der Waals surface area contributed by atoms with Crippen molar-refractivity contribution in [2.75, 3.05) is 6.61 Å². The molecule has 0 aliphatic rings. The second-order valence-electron chi connectivity index (χ2n) is 4.69. The molecular formula is C15H20O4. The first kappa shape index (κ1) is 15.2. The second kappa shape index (κ2) is 7.56. The van der Waals surface area contributed by atoms with Gasteiger partial charge in [-0.3, -0.25) is 0 Å². The van der Waals surface area contributed by atoms with Gasteiger partial charge in [0.15, 0.2) is 6.10 Å². The summed E-state index contributed by atoms with van der Waals surface area (Å²) in [6.07, 6.45) is -0.443. The third kappa shape index (κ3) is 5.12. The third-order valence-corrected chi connectivity index (χ3v) is 2.45. The molecule has 0 bridgehead atoms. The van der Waals surface area contributed by atoms with E-state index in [1.807, 2.05) is 19.9 Å². The number of hydrogen-bond acceptors (Lipinski definition) is 4. The zero-order valence-electron chi connectivity index (χ0n) is 11.6. The van der Waals surface area contributed by atoms with E-state index in [-0.39, 0.29) is 5.92 Å². The molecule has 0 unspecified atom stereocenters. The lowest BCUT2D eigenvalue weighted by atomic mass is 10.2. The van der Waals surface area contributed by atoms with Gasteiger partial charge in [0, 0.05) is 0 Å². The Bertz CT molecular complexity index is 411. The van der Waals surface area contributed by atoms with Crippen LogP contribution in [-0.4, -0.2) is 24.6 Å². The molecule has 4 nitrogen and oxygen atoms in total. The Morgan fingerprint density at radius 3 is 2.32 bits per heavy atom. The summed E-state index contributed by atoms with van der Waals surface area (Å²) < 4.78 is 10.2. The standard InChI is InChI=1S/C15H20O4/c1-4-13(15(17)18-10-11(2)3)19-14(16)12-8-6-5-7-9-12/h5-9,11,13H,4,10H2,1-3H3/t13-/m1/s1. The van der Waals surface area contributed by atoms with Gasteiger partial charge in [-0.05, 0) is 24.5 Å². The molecular weight excluding hydrogens is 244 g/mol. The van der Waals surface area contributed by atoms with E-state index in [9.17, 15) is 9.59 Å². The molecule has 19 heavy (non-hydrogen) atoms. The van der Waals surface area contributed by atoms with E-state index in [0.29, 0.717) is 18.6 Å². The first-order chi connectivity index (χ1) is 9.04. The Labute approximate surface area is 113 Å². The van der Waals surface area contributed by atoms with Gasteiger partial charge in [-0.15, -0.1) is 0 Å². The van der Waals surface area contributed by atoms with Crippen molar-refractivity contribution >= 4 is 11.9 Å². The lowest BCUT2D eigenvalue weighted by Crippen LogP contribution is -2.29. The smallest absolute Gasteiger partial charge is 0.347 e. The van der Waals surface area contributed by atoms with E-state index < -0.39 is 18.0 Å². The summed E-state index contributed by atoms with van der Waals surface area (Å²) >= 11 is 0. The molecule has 0 aliphatic heterocycles. The van der Waals surface area contributed by atoms with Crippen LogP contribution in [0.4, 0.5) is 0 Å². The van der Waals surface area contributed by atoms with Crippen molar-refractivity contribution in [1.29, 1.82) is 0 Å². The predicted octanol–water partition coefficient (Wildman–Crippen LogP) is 2.82. The predicted molar refractivity (Wildman–Crippen MR) is 71.7 cm³/mol. The van der Waals surface area contributed by atoms with Crippen molar-refractivity contribution in [3.05, 3.63) is 35.9 Å². The number of carbonyl (C=O) groups is 2. The average Bonchev–Trinajstić information content (AvgIpc) is 2.42. The van der Waals surface area contributed by atoms with E-state index >= 15 is 0 Å². The number of benzene rings is 1. The summed E-state index contributed by atoms with van der Waals surface area (Å²) in [6.45, 7) is 6.01. The van der Waals surface area contributed by atoms with Gasteiger partial charge in [0.25, 0.3) is 0 Å². The monoisotopic (exact) mass is 264 g/mol. The minimum Gasteiger partial charge on any atom is -0.463 e. The van der Waals surface area contributed by atoms with Crippen molar-refractivity contribution in [2.24, 2.45) is 5.92 Å². The maximum Gasteiger partial charge on any atom is 0.347 e.